The molecule has 0 atom stereocenters. The van der Waals surface area contributed by atoms with Crippen LogP contribution in [0.25, 0.3) is 15.9 Å². The number of carbonyl (C=O) groups is 1. The number of aryl methyl sites for hydroxylation is 2. The maximum Gasteiger partial charge on any atom is 0.435 e. The molecule has 0 bridgehead atoms. The molecule has 0 spiro atoms. The second-order valence-electron chi connectivity index (χ2n) is 7.12. The van der Waals surface area contributed by atoms with Crippen molar-refractivity contribution in [3.63, 3.8) is 0 Å². The van der Waals surface area contributed by atoms with Crippen molar-refractivity contribution in [2.24, 2.45) is 0 Å². The number of amides is 1. The molecule has 0 saturated carbocycles. The molecule has 0 unspecified atom stereocenters. The predicted octanol–water partition coefficient (Wildman–Crippen LogP) is 5.66. The molecule has 162 valence electrons. The third-order valence-corrected chi connectivity index (χ3v) is 5.91. The van der Waals surface area contributed by atoms with Gasteiger partial charge in [-0.25, -0.2) is 4.68 Å². The summed E-state index contributed by atoms with van der Waals surface area (Å²) in [6, 6.07) is 11.5. The Morgan fingerprint density at radius 2 is 1.90 bits per heavy atom. The number of anilines is 1. The van der Waals surface area contributed by atoms with Gasteiger partial charge in [-0.05, 0) is 31.5 Å². The Balaban J connectivity index is 1.69. The smallest absolute Gasteiger partial charge is 0.304 e. The highest BCUT2D eigenvalue weighted by atomic mass is 32.1. The number of nitrogens with one attached hydrogen (secondary N) is 1. The quantitative estimate of drug-likeness (QED) is 0.415. The third kappa shape index (κ3) is 4.20. The molecule has 31 heavy (non-hydrogen) atoms. The summed E-state index contributed by atoms with van der Waals surface area (Å²) in [5, 5.41) is 10.7. The fourth-order valence-corrected chi connectivity index (χ4v) is 4.28. The van der Waals surface area contributed by atoms with Gasteiger partial charge in [-0.3, -0.25) is 9.48 Å². The van der Waals surface area contributed by atoms with Crippen LogP contribution in [-0.2, 0) is 12.7 Å². The average Bonchev–Trinajstić information content (AvgIpc) is 3.39. The van der Waals surface area contributed by atoms with Gasteiger partial charge in [0.15, 0.2) is 11.5 Å². The number of rotatable bonds is 6. The van der Waals surface area contributed by atoms with Crippen molar-refractivity contribution in [2.75, 3.05) is 5.32 Å². The Hall–Kier alpha value is -3.14. The van der Waals surface area contributed by atoms with Gasteiger partial charge in [-0.15, -0.1) is 11.3 Å². The van der Waals surface area contributed by atoms with Crippen LogP contribution in [-0.4, -0.2) is 25.5 Å². The summed E-state index contributed by atoms with van der Waals surface area (Å²) in [5.74, 6) is -0.133. The van der Waals surface area contributed by atoms with Crippen molar-refractivity contribution in [1.82, 2.24) is 19.6 Å². The van der Waals surface area contributed by atoms with Crippen LogP contribution in [0.3, 0.4) is 0 Å². The minimum Gasteiger partial charge on any atom is -0.304 e. The Labute approximate surface area is 180 Å². The zero-order chi connectivity index (χ0) is 22.2. The molecule has 0 aliphatic rings. The van der Waals surface area contributed by atoms with E-state index in [0.717, 1.165) is 36.4 Å². The van der Waals surface area contributed by atoms with Crippen molar-refractivity contribution in [1.29, 1.82) is 0 Å². The van der Waals surface area contributed by atoms with Crippen LogP contribution in [0.15, 0.2) is 42.5 Å². The zero-order valence-electron chi connectivity index (χ0n) is 16.9. The summed E-state index contributed by atoms with van der Waals surface area (Å²) < 4.78 is 43.7. The van der Waals surface area contributed by atoms with Gasteiger partial charge in [0, 0.05) is 23.7 Å². The number of aromatic nitrogens is 4. The van der Waals surface area contributed by atoms with Crippen LogP contribution in [0, 0.1) is 6.92 Å². The van der Waals surface area contributed by atoms with E-state index in [9.17, 15) is 18.0 Å². The molecule has 0 radical (unpaired) electrons. The first-order valence-corrected chi connectivity index (χ1v) is 10.6. The Morgan fingerprint density at radius 3 is 2.58 bits per heavy atom. The number of halogens is 3. The molecule has 3 heterocycles. The average molecular weight is 447 g/mol. The van der Waals surface area contributed by atoms with E-state index in [1.807, 2.05) is 6.92 Å². The zero-order valence-corrected chi connectivity index (χ0v) is 17.7. The molecule has 4 aromatic rings. The molecule has 0 aliphatic heterocycles. The summed E-state index contributed by atoms with van der Waals surface area (Å²) >= 11 is 0.962. The van der Waals surface area contributed by atoms with Crippen LogP contribution in [0.4, 0.5) is 19.0 Å². The van der Waals surface area contributed by atoms with E-state index in [0.29, 0.717) is 11.5 Å². The van der Waals surface area contributed by atoms with Crippen LogP contribution in [0.1, 0.15) is 40.8 Å². The summed E-state index contributed by atoms with van der Waals surface area (Å²) in [6.45, 7) is 4.71. The molecule has 0 saturated heterocycles. The fourth-order valence-electron chi connectivity index (χ4n) is 3.26. The molecule has 3 aromatic heterocycles. The number of unbranched alkanes of at least 4 members (excludes halogenated alkanes) is 1. The highest BCUT2D eigenvalue weighted by Crippen LogP contribution is 2.39. The SMILES string of the molecule is CCCCn1nc(NC(=O)c2cc3c(C(F)(F)F)nn(-c4ccccc4)c3s2)cc1C. The van der Waals surface area contributed by atoms with Crippen molar-refractivity contribution in [3.8, 4) is 5.69 Å². The second-order valence-corrected chi connectivity index (χ2v) is 8.16. The lowest BCUT2D eigenvalue weighted by Gasteiger charge is -2.04. The first-order valence-electron chi connectivity index (χ1n) is 9.79. The van der Waals surface area contributed by atoms with Gasteiger partial charge in [0.1, 0.15) is 4.83 Å². The molecular formula is C21H20F3N5OS. The van der Waals surface area contributed by atoms with Gasteiger partial charge in [0.25, 0.3) is 5.91 Å². The van der Waals surface area contributed by atoms with Crippen LogP contribution in [0.2, 0.25) is 0 Å². The minimum atomic E-state index is -4.64. The highest BCUT2D eigenvalue weighted by Gasteiger charge is 2.38. The fraction of sp³-hybridized carbons (Fsp3) is 0.286. The van der Waals surface area contributed by atoms with Crippen LogP contribution < -0.4 is 5.32 Å². The first-order chi connectivity index (χ1) is 14.8. The number of thiophene rings is 1. The molecular weight excluding hydrogens is 427 g/mol. The van der Waals surface area contributed by atoms with Crippen molar-refractivity contribution < 1.29 is 18.0 Å². The molecule has 10 heteroatoms. The number of benzene rings is 1. The van der Waals surface area contributed by atoms with E-state index in [1.54, 1.807) is 41.1 Å². The predicted molar refractivity (Wildman–Crippen MR) is 114 cm³/mol. The third-order valence-electron chi connectivity index (χ3n) is 4.80. The van der Waals surface area contributed by atoms with Crippen molar-refractivity contribution >= 4 is 33.3 Å². The molecule has 1 N–H and O–H groups in total. The molecule has 0 aliphatic carbocycles. The number of hydrogen-bond acceptors (Lipinski definition) is 4. The van der Waals surface area contributed by atoms with E-state index >= 15 is 0 Å². The largest absolute Gasteiger partial charge is 0.435 e. The number of carbonyl (C=O) groups excluding carboxylic acids is 1. The van der Waals surface area contributed by atoms with Gasteiger partial charge in [0.05, 0.1) is 10.6 Å². The molecule has 6 nitrogen and oxygen atoms in total. The minimum absolute atomic E-state index is 0.101. The lowest BCUT2D eigenvalue weighted by molar-refractivity contribution is -0.140. The lowest BCUT2D eigenvalue weighted by Crippen LogP contribution is -2.12. The topological polar surface area (TPSA) is 64.7 Å². The summed E-state index contributed by atoms with van der Waals surface area (Å²) in [4.78, 5) is 13.2. The van der Waals surface area contributed by atoms with Crippen LogP contribution >= 0.6 is 11.3 Å². The number of fused-ring (bicyclic) bond motifs is 1. The standard InChI is InChI=1S/C21H20F3N5OS/c1-3-4-10-28-13(2)11-17(26-28)25-19(30)16-12-15-18(21(22,23)24)27-29(20(15)31-16)14-8-6-5-7-9-14/h5-9,11-12H,3-4,10H2,1-2H3,(H,25,26,30). The number of hydrogen-bond donors (Lipinski definition) is 1. The summed E-state index contributed by atoms with van der Waals surface area (Å²) in [6.07, 6.45) is -2.66. The molecule has 4 rings (SSSR count). The first kappa shape index (κ1) is 21.1. The van der Waals surface area contributed by atoms with E-state index in [1.165, 1.54) is 10.7 Å². The number of nitrogens with zero attached hydrogens (tertiary/aromatic N) is 4. The number of para-hydroxylation sites is 1. The van der Waals surface area contributed by atoms with E-state index in [2.05, 4.69) is 22.4 Å². The van der Waals surface area contributed by atoms with E-state index in [4.69, 9.17) is 0 Å². The second kappa shape index (κ2) is 8.18. The van der Waals surface area contributed by atoms with E-state index in [-0.39, 0.29) is 15.1 Å². The molecule has 1 aromatic carbocycles. The Bertz CT molecular complexity index is 1220. The van der Waals surface area contributed by atoms with Gasteiger partial charge in [-0.2, -0.15) is 23.4 Å². The van der Waals surface area contributed by atoms with Gasteiger partial charge < -0.3 is 5.32 Å². The van der Waals surface area contributed by atoms with Gasteiger partial charge >= 0.3 is 6.18 Å². The van der Waals surface area contributed by atoms with E-state index < -0.39 is 17.8 Å². The lowest BCUT2D eigenvalue weighted by atomic mass is 10.2. The van der Waals surface area contributed by atoms with Gasteiger partial charge in [0.2, 0.25) is 0 Å². The normalized spacial score (nSPS) is 11.9. The maximum atomic E-state index is 13.6. The van der Waals surface area contributed by atoms with Crippen LogP contribution in [0.5, 0.6) is 0 Å². The monoisotopic (exact) mass is 447 g/mol. The van der Waals surface area contributed by atoms with Gasteiger partial charge in [-0.1, -0.05) is 31.5 Å². The highest BCUT2D eigenvalue weighted by molar-refractivity contribution is 7.20. The number of alkyl halides is 3. The summed E-state index contributed by atoms with van der Waals surface area (Å²) in [7, 11) is 0. The summed E-state index contributed by atoms with van der Waals surface area (Å²) in [5.41, 5.74) is 0.377. The Morgan fingerprint density at radius 1 is 1.16 bits per heavy atom. The Kier molecular flexibility index (Phi) is 5.57. The van der Waals surface area contributed by atoms with Crippen molar-refractivity contribution in [3.05, 3.63) is 58.7 Å². The molecule has 1 amide bonds. The van der Waals surface area contributed by atoms with Crippen molar-refractivity contribution in [2.45, 2.75) is 39.4 Å². The molecule has 0 fully saturated rings. The maximum absolute atomic E-state index is 13.6.